The number of halogens is 3. The van der Waals surface area contributed by atoms with Crippen LogP contribution in [0.1, 0.15) is 26.5 Å². The Kier molecular flexibility index (Phi) is 4.51. The van der Waals surface area contributed by atoms with Gasteiger partial charge in [0.25, 0.3) is 0 Å². The van der Waals surface area contributed by atoms with Crippen LogP contribution in [-0.2, 0) is 12.7 Å². The molecule has 1 fully saturated rings. The lowest BCUT2D eigenvalue weighted by Gasteiger charge is -2.17. The van der Waals surface area contributed by atoms with E-state index in [0.717, 1.165) is 23.5 Å². The molecule has 3 rings (SSSR count). The summed E-state index contributed by atoms with van der Waals surface area (Å²) in [4.78, 5) is 31.1. The van der Waals surface area contributed by atoms with E-state index in [1.807, 2.05) is 0 Å². The molecule has 0 spiro atoms. The Balaban J connectivity index is 1.70. The largest absolute Gasteiger partial charge is 0.416 e. The first-order valence-electron chi connectivity index (χ1n) is 7.45. The number of nitrogens with zero attached hydrogens (tertiary/aromatic N) is 3. The third-order valence-electron chi connectivity index (χ3n) is 3.91. The van der Waals surface area contributed by atoms with Crippen molar-refractivity contribution in [3.8, 4) is 0 Å². The zero-order valence-electron chi connectivity index (χ0n) is 13.2. The highest BCUT2D eigenvalue weighted by Crippen LogP contribution is 2.30. The van der Waals surface area contributed by atoms with Crippen LogP contribution in [0.5, 0.6) is 0 Å². The van der Waals surface area contributed by atoms with E-state index in [4.69, 9.17) is 0 Å². The Hall–Kier alpha value is -2.42. The highest BCUT2D eigenvalue weighted by atomic mass is 32.1. The first-order valence-corrected chi connectivity index (χ1v) is 8.26. The summed E-state index contributed by atoms with van der Waals surface area (Å²) in [5.41, 5.74) is 0.473. The van der Waals surface area contributed by atoms with E-state index in [0.29, 0.717) is 40.6 Å². The van der Waals surface area contributed by atoms with Gasteiger partial charge in [-0.25, -0.2) is 9.78 Å². The van der Waals surface area contributed by atoms with E-state index in [9.17, 15) is 22.8 Å². The summed E-state index contributed by atoms with van der Waals surface area (Å²) in [5, 5.41) is 0.458. The molecular weight excluding hydrogens is 355 g/mol. The maximum absolute atomic E-state index is 12.6. The Morgan fingerprint density at radius 1 is 1.24 bits per heavy atom. The first kappa shape index (κ1) is 17.4. The molecule has 1 saturated heterocycles. The first-order chi connectivity index (χ1) is 11.8. The predicted octanol–water partition coefficient (Wildman–Crippen LogP) is 3.73. The van der Waals surface area contributed by atoms with Crippen LogP contribution in [0.4, 0.5) is 23.1 Å². The molecular formula is C16H14F3N3O2S. The summed E-state index contributed by atoms with van der Waals surface area (Å²) in [5.74, 6) is 0. The van der Waals surface area contributed by atoms with Crippen LogP contribution < -0.4 is 4.90 Å². The lowest BCUT2D eigenvalue weighted by molar-refractivity contribution is -0.137. The third kappa shape index (κ3) is 3.51. The SMILES string of the molecule is Cc1nc(N2CCN(Cc3ccc(C(F)(F)F)cc3)C2=O)sc1C=O. The van der Waals surface area contributed by atoms with Gasteiger partial charge in [-0.05, 0) is 24.6 Å². The second-order valence-corrected chi connectivity index (χ2v) is 6.62. The number of anilines is 1. The van der Waals surface area contributed by atoms with Crippen molar-refractivity contribution >= 4 is 28.8 Å². The quantitative estimate of drug-likeness (QED) is 0.772. The lowest BCUT2D eigenvalue weighted by atomic mass is 10.1. The van der Waals surface area contributed by atoms with Crippen molar-refractivity contribution in [3.05, 3.63) is 46.0 Å². The van der Waals surface area contributed by atoms with Gasteiger partial charge >= 0.3 is 12.2 Å². The van der Waals surface area contributed by atoms with Gasteiger partial charge in [0.15, 0.2) is 11.4 Å². The molecule has 0 bridgehead atoms. The minimum atomic E-state index is -4.38. The van der Waals surface area contributed by atoms with Crippen LogP contribution in [0.3, 0.4) is 0 Å². The van der Waals surface area contributed by atoms with E-state index in [2.05, 4.69) is 4.98 Å². The van der Waals surface area contributed by atoms with E-state index in [1.54, 1.807) is 11.8 Å². The van der Waals surface area contributed by atoms with Gasteiger partial charge < -0.3 is 4.90 Å². The van der Waals surface area contributed by atoms with Crippen molar-refractivity contribution in [1.29, 1.82) is 0 Å². The summed E-state index contributed by atoms with van der Waals surface area (Å²) < 4.78 is 37.8. The smallest absolute Gasteiger partial charge is 0.318 e. The Bertz CT molecular complexity index is 802. The molecule has 2 aromatic rings. The standard InChI is InChI=1S/C16H14F3N3O2S/c1-10-13(9-23)25-14(20-10)22-7-6-21(15(22)24)8-11-2-4-12(5-3-11)16(17,18)19/h2-5,9H,6-8H2,1H3. The van der Waals surface area contributed by atoms with E-state index in [1.165, 1.54) is 17.0 Å². The molecule has 0 aliphatic carbocycles. The number of rotatable bonds is 4. The van der Waals surface area contributed by atoms with Crippen LogP contribution >= 0.6 is 11.3 Å². The number of hydrogen-bond acceptors (Lipinski definition) is 4. The zero-order chi connectivity index (χ0) is 18.2. The Labute approximate surface area is 145 Å². The average molecular weight is 369 g/mol. The fourth-order valence-corrected chi connectivity index (χ4v) is 3.45. The molecule has 1 aliphatic heterocycles. The molecule has 2 amide bonds. The zero-order valence-corrected chi connectivity index (χ0v) is 14.0. The van der Waals surface area contributed by atoms with Crippen molar-refractivity contribution < 1.29 is 22.8 Å². The Morgan fingerprint density at radius 3 is 2.48 bits per heavy atom. The van der Waals surface area contributed by atoms with Gasteiger partial charge in [0.1, 0.15) is 0 Å². The van der Waals surface area contributed by atoms with Crippen LogP contribution in [0.2, 0.25) is 0 Å². The van der Waals surface area contributed by atoms with Gasteiger partial charge in [0, 0.05) is 19.6 Å². The number of alkyl halides is 3. The summed E-state index contributed by atoms with van der Waals surface area (Å²) in [6, 6.07) is 4.49. The molecule has 25 heavy (non-hydrogen) atoms. The fraction of sp³-hybridized carbons (Fsp3) is 0.312. The molecule has 2 heterocycles. The van der Waals surface area contributed by atoms with Gasteiger partial charge in [-0.15, -0.1) is 0 Å². The van der Waals surface area contributed by atoms with Crippen LogP contribution in [0.15, 0.2) is 24.3 Å². The van der Waals surface area contributed by atoms with Gasteiger partial charge in [-0.1, -0.05) is 23.5 Å². The topological polar surface area (TPSA) is 53.5 Å². The number of benzene rings is 1. The minimum Gasteiger partial charge on any atom is -0.318 e. The molecule has 0 radical (unpaired) electrons. The van der Waals surface area contributed by atoms with E-state index >= 15 is 0 Å². The van der Waals surface area contributed by atoms with E-state index in [-0.39, 0.29) is 12.6 Å². The number of carbonyl (C=O) groups excluding carboxylic acids is 2. The summed E-state index contributed by atoms with van der Waals surface area (Å²) in [6.45, 7) is 2.78. The predicted molar refractivity (Wildman–Crippen MR) is 86.8 cm³/mol. The van der Waals surface area contributed by atoms with Crippen molar-refractivity contribution in [2.24, 2.45) is 0 Å². The van der Waals surface area contributed by atoms with Gasteiger partial charge in [-0.3, -0.25) is 9.69 Å². The molecule has 0 N–H and O–H groups in total. The number of amides is 2. The van der Waals surface area contributed by atoms with Gasteiger partial charge in [-0.2, -0.15) is 13.2 Å². The molecule has 0 atom stereocenters. The number of aldehydes is 1. The average Bonchev–Trinajstić information content (AvgIpc) is 3.10. The molecule has 0 unspecified atom stereocenters. The summed E-state index contributed by atoms with van der Waals surface area (Å²) >= 11 is 1.15. The van der Waals surface area contributed by atoms with Crippen molar-refractivity contribution in [1.82, 2.24) is 9.88 Å². The normalized spacial score (nSPS) is 15.1. The van der Waals surface area contributed by atoms with Crippen molar-refractivity contribution in [2.75, 3.05) is 18.0 Å². The number of urea groups is 1. The number of thiazole rings is 1. The lowest BCUT2D eigenvalue weighted by Crippen LogP contribution is -2.31. The van der Waals surface area contributed by atoms with Crippen LogP contribution in [0.25, 0.3) is 0 Å². The number of carbonyl (C=O) groups is 2. The molecule has 1 aliphatic rings. The molecule has 9 heteroatoms. The van der Waals surface area contributed by atoms with Crippen molar-refractivity contribution in [2.45, 2.75) is 19.6 Å². The van der Waals surface area contributed by atoms with Gasteiger partial charge in [0.2, 0.25) is 0 Å². The molecule has 1 aromatic heterocycles. The molecule has 132 valence electrons. The molecule has 0 saturated carbocycles. The third-order valence-corrected chi connectivity index (χ3v) is 5.01. The second-order valence-electron chi connectivity index (χ2n) is 5.61. The molecule has 5 nitrogen and oxygen atoms in total. The maximum Gasteiger partial charge on any atom is 0.416 e. The monoisotopic (exact) mass is 369 g/mol. The second kappa shape index (κ2) is 6.47. The maximum atomic E-state index is 12.6. The minimum absolute atomic E-state index is 0.221. The number of aromatic nitrogens is 1. The molecule has 1 aromatic carbocycles. The van der Waals surface area contributed by atoms with Crippen molar-refractivity contribution in [3.63, 3.8) is 0 Å². The summed E-state index contributed by atoms with van der Waals surface area (Å²) in [6.07, 6.45) is -3.67. The number of hydrogen-bond donors (Lipinski definition) is 0. The summed E-state index contributed by atoms with van der Waals surface area (Å²) in [7, 11) is 0. The van der Waals surface area contributed by atoms with Crippen LogP contribution in [0, 0.1) is 6.92 Å². The number of aryl methyl sites for hydroxylation is 1. The van der Waals surface area contributed by atoms with E-state index < -0.39 is 11.7 Å². The highest BCUT2D eigenvalue weighted by molar-refractivity contribution is 7.17. The van der Waals surface area contributed by atoms with Crippen LogP contribution in [-0.4, -0.2) is 35.3 Å². The van der Waals surface area contributed by atoms with Gasteiger partial charge in [0.05, 0.1) is 16.1 Å². The Morgan fingerprint density at radius 2 is 1.92 bits per heavy atom. The highest BCUT2D eigenvalue weighted by Gasteiger charge is 2.33. The fourth-order valence-electron chi connectivity index (χ4n) is 2.54.